The average Bonchev–Trinajstić information content (AvgIpc) is 2.55. The summed E-state index contributed by atoms with van der Waals surface area (Å²) in [6.45, 7) is 2.04. The summed E-state index contributed by atoms with van der Waals surface area (Å²) in [6.07, 6.45) is 6.36. The number of amides is 1. The number of nitrogens with zero attached hydrogens (tertiary/aromatic N) is 1. The van der Waals surface area contributed by atoms with Crippen molar-refractivity contribution in [3.8, 4) is 0 Å². The van der Waals surface area contributed by atoms with Gasteiger partial charge in [0.15, 0.2) is 0 Å². The first-order valence-electron chi connectivity index (χ1n) is 9.10. The van der Waals surface area contributed by atoms with Crippen LogP contribution in [0.15, 0.2) is 29.1 Å². The number of fused-ring (bicyclic) bond motifs is 1. The first-order chi connectivity index (χ1) is 12.1. The SMILES string of the molecule is Cc1ccccc1C1(C(=O)Nc2nc3c(c(=O)[nH]2)CCCC3)CCC1. The molecular weight excluding hydrogens is 314 g/mol. The molecule has 2 N–H and O–H groups in total. The Labute approximate surface area is 146 Å². The van der Waals surface area contributed by atoms with Crippen LogP contribution in [0.25, 0.3) is 0 Å². The van der Waals surface area contributed by atoms with Gasteiger partial charge in [0.1, 0.15) is 0 Å². The van der Waals surface area contributed by atoms with Crippen molar-refractivity contribution >= 4 is 11.9 Å². The standard InChI is InChI=1S/C20H23N3O2/c1-13-7-2-4-9-15(13)20(11-6-12-20)18(25)23-19-21-16-10-5-3-8-14(16)17(24)22-19/h2,4,7,9H,3,5-6,8,10-12H2,1H3,(H2,21,22,23,24,25). The Bertz CT molecular complexity index is 881. The maximum atomic E-state index is 13.1. The monoisotopic (exact) mass is 337 g/mol. The number of carbonyl (C=O) groups excluding carboxylic acids is 1. The number of rotatable bonds is 3. The molecule has 1 fully saturated rings. The van der Waals surface area contributed by atoms with Crippen LogP contribution < -0.4 is 10.9 Å². The van der Waals surface area contributed by atoms with Gasteiger partial charge >= 0.3 is 0 Å². The Balaban J connectivity index is 1.65. The second-order valence-electron chi connectivity index (χ2n) is 7.25. The molecular formula is C20H23N3O2. The van der Waals surface area contributed by atoms with Crippen molar-refractivity contribution in [2.24, 2.45) is 0 Å². The fourth-order valence-electron chi connectivity index (χ4n) is 4.15. The number of aromatic nitrogens is 2. The Morgan fingerprint density at radius 3 is 2.64 bits per heavy atom. The molecule has 0 aliphatic heterocycles. The molecule has 1 saturated carbocycles. The number of anilines is 1. The normalized spacial score (nSPS) is 18.1. The molecule has 1 heterocycles. The molecule has 25 heavy (non-hydrogen) atoms. The Morgan fingerprint density at radius 1 is 1.16 bits per heavy atom. The summed E-state index contributed by atoms with van der Waals surface area (Å²) >= 11 is 0. The summed E-state index contributed by atoms with van der Waals surface area (Å²) in [6, 6.07) is 8.05. The van der Waals surface area contributed by atoms with E-state index >= 15 is 0 Å². The molecule has 0 saturated heterocycles. The predicted molar refractivity (Wildman–Crippen MR) is 96.8 cm³/mol. The van der Waals surface area contributed by atoms with Gasteiger partial charge in [-0.1, -0.05) is 30.7 Å². The van der Waals surface area contributed by atoms with Gasteiger partial charge < -0.3 is 0 Å². The summed E-state index contributed by atoms with van der Waals surface area (Å²) in [5, 5.41) is 2.90. The third kappa shape index (κ3) is 2.68. The first-order valence-corrected chi connectivity index (χ1v) is 9.10. The minimum Gasteiger partial charge on any atom is -0.295 e. The van der Waals surface area contributed by atoms with E-state index in [9.17, 15) is 9.59 Å². The molecule has 0 atom stereocenters. The van der Waals surface area contributed by atoms with E-state index in [0.717, 1.165) is 67.3 Å². The highest BCUT2D eigenvalue weighted by atomic mass is 16.2. The van der Waals surface area contributed by atoms with Crippen molar-refractivity contribution < 1.29 is 4.79 Å². The number of carbonyl (C=O) groups is 1. The lowest BCUT2D eigenvalue weighted by Gasteiger charge is -2.41. The van der Waals surface area contributed by atoms with E-state index in [0.29, 0.717) is 0 Å². The number of H-pyrrole nitrogens is 1. The van der Waals surface area contributed by atoms with Crippen LogP contribution >= 0.6 is 0 Å². The fraction of sp³-hybridized carbons (Fsp3) is 0.450. The number of aromatic amines is 1. The lowest BCUT2D eigenvalue weighted by atomic mass is 9.63. The lowest BCUT2D eigenvalue weighted by molar-refractivity contribution is -0.124. The molecule has 0 bridgehead atoms. The zero-order chi connectivity index (χ0) is 17.4. The molecule has 0 radical (unpaired) electrons. The van der Waals surface area contributed by atoms with Gasteiger partial charge in [-0.25, -0.2) is 4.98 Å². The minimum absolute atomic E-state index is 0.0630. The van der Waals surface area contributed by atoms with Crippen LogP contribution in [0.3, 0.4) is 0 Å². The Hall–Kier alpha value is -2.43. The van der Waals surface area contributed by atoms with Crippen LogP contribution in [0, 0.1) is 6.92 Å². The highest BCUT2D eigenvalue weighted by molar-refractivity contribution is 5.99. The largest absolute Gasteiger partial charge is 0.295 e. The van der Waals surface area contributed by atoms with Gasteiger partial charge in [-0.15, -0.1) is 0 Å². The molecule has 2 aliphatic rings. The van der Waals surface area contributed by atoms with Gasteiger partial charge in [0.2, 0.25) is 11.9 Å². The summed E-state index contributed by atoms with van der Waals surface area (Å²) in [4.78, 5) is 32.6. The molecule has 5 heteroatoms. The van der Waals surface area contributed by atoms with Crippen molar-refractivity contribution in [3.05, 3.63) is 57.0 Å². The minimum atomic E-state index is -0.500. The smallest absolute Gasteiger partial charge is 0.255 e. The van der Waals surface area contributed by atoms with Gasteiger partial charge in [-0.3, -0.25) is 19.9 Å². The summed E-state index contributed by atoms with van der Waals surface area (Å²) in [5.74, 6) is 0.225. The molecule has 2 aliphatic carbocycles. The quantitative estimate of drug-likeness (QED) is 0.904. The average molecular weight is 337 g/mol. The zero-order valence-corrected chi connectivity index (χ0v) is 14.5. The van der Waals surface area contributed by atoms with E-state index in [4.69, 9.17) is 0 Å². The molecule has 1 aromatic carbocycles. The van der Waals surface area contributed by atoms with E-state index in [1.165, 1.54) is 0 Å². The topological polar surface area (TPSA) is 74.8 Å². The molecule has 0 unspecified atom stereocenters. The van der Waals surface area contributed by atoms with Crippen LogP contribution in [0.5, 0.6) is 0 Å². The molecule has 1 amide bonds. The first kappa shape index (κ1) is 16.1. The van der Waals surface area contributed by atoms with Crippen molar-refractivity contribution in [3.63, 3.8) is 0 Å². The number of hydrogen-bond acceptors (Lipinski definition) is 3. The zero-order valence-electron chi connectivity index (χ0n) is 14.5. The van der Waals surface area contributed by atoms with Gasteiger partial charge in [0, 0.05) is 5.56 Å². The van der Waals surface area contributed by atoms with Crippen LogP contribution in [-0.2, 0) is 23.1 Å². The second kappa shape index (κ2) is 6.14. The number of benzene rings is 1. The maximum Gasteiger partial charge on any atom is 0.255 e. The van der Waals surface area contributed by atoms with Crippen molar-refractivity contribution in [2.75, 3.05) is 5.32 Å². The van der Waals surface area contributed by atoms with Crippen LogP contribution in [0.1, 0.15) is 54.5 Å². The lowest BCUT2D eigenvalue weighted by Crippen LogP contribution is -2.47. The Kier molecular flexibility index (Phi) is 3.94. The van der Waals surface area contributed by atoms with Crippen LogP contribution in [-0.4, -0.2) is 15.9 Å². The second-order valence-corrected chi connectivity index (χ2v) is 7.25. The maximum absolute atomic E-state index is 13.1. The molecule has 2 aromatic rings. The van der Waals surface area contributed by atoms with E-state index < -0.39 is 5.41 Å². The van der Waals surface area contributed by atoms with Gasteiger partial charge in [0.25, 0.3) is 5.56 Å². The fourth-order valence-corrected chi connectivity index (χ4v) is 4.15. The third-order valence-electron chi connectivity index (χ3n) is 5.73. The van der Waals surface area contributed by atoms with Crippen LogP contribution in [0.2, 0.25) is 0 Å². The van der Waals surface area contributed by atoms with Crippen molar-refractivity contribution in [1.29, 1.82) is 0 Å². The van der Waals surface area contributed by atoms with E-state index in [1.54, 1.807) is 0 Å². The molecule has 130 valence electrons. The third-order valence-corrected chi connectivity index (χ3v) is 5.73. The van der Waals surface area contributed by atoms with Crippen molar-refractivity contribution in [2.45, 2.75) is 57.3 Å². The van der Waals surface area contributed by atoms with E-state index in [1.807, 2.05) is 31.2 Å². The number of nitrogens with one attached hydrogen (secondary N) is 2. The van der Waals surface area contributed by atoms with E-state index in [-0.39, 0.29) is 17.4 Å². The molecule has 1 aromatic heterocycles. The van der Waals surface area contributed by atoms with Gasteiger partial charge in [0.05, 0.1) is 11.1 Å². The van der Waals surface area contributed by atoms with Crippen LogP contribution in [0.4, 0.5) is 5.95 Å². The highest BCUT2D eigenvalue weighted by Crippen LogP contribution is 2.45. The van der Waals surface area contributed by atoms with Gasteiger partial charge in [-0.2, -0.15) is 0 Å². The van der Waals surface area contributed by atoms with E-state index in [2.05, 4.69) is 15.3 Å². The highest BCUT2D eigenvalue weighted by Gasteiger charge is 2.46. The Morgan fingerprint density at radius 2 is 1.92 bits per heavy atom. The predicted octanol–water partition coefficient (Wildman–Crippen LogP) is 3.02. The number of hydrogen-bond donors (Lipinski definition) is 2. The molecule has 4 rings (SSSR count). The molecule has 0 spiro atoms. The van der Waals surface area contributed by atoms with Gasteiger partial charge in [-0.05, 0) is 56.6 Å². The number of aryl methyl sites for hydroxylation is 2. The summed E-state index contributed by atoms with van der Waals surface area (Å²) < 4.78 is 0. The van der Waals surface area contributed by atoms with Crippen molar-refractivity contribution in [1.82, 2.24) is 9.97 Å². The summed E-state index contributed by atoms with van der Waals surface area (Å²) in [7, 11) is 0. The molecule has 5 nitrogen and oxygen atoms in total. The summed E-state index contributed by atoms with van der Waals surface area (Å²) in [5.41, 5.74) is 3.21.